The molecule has 0 bridgehead atoms. The van der Waals surface area contributed by atoms with Gasteiger partial charge in [0.05, 0.1) is 5.01 Å². The van der Waals surface area contributed by atoms with Gasteiger partial charge in [0.1, 0.15) is 6.10 Å². The van der Waals surface area contributed by atoms with Crippen LogP contribution in [-0.2, 0) is 0 Å². The average molecular weight is 241 g/mol. The van der Waals surface area contributed by atoms with E-state index in [1.54, 1.807) is 6.92 Å². The molecule has 1 fully saturated rings. The van der Waals surface area contributed by atoms with Gasteiger partial charge >= 0.3 is 5.97 Å². The minimum atomic E-state index is -0.948. The Balaban J connectivity index is 2.10. The molecule has 1 saturated carbocycles. The van der Waals surface area contributed by atoms with Gasteiger partial charge in [-0.05, 0) is 32.6 Å². The molecule has 16 heavy (non-hydrogen) atoms. The van der Waals surface area contributed by atoms with Gasteiger partial charge in [-0.1, -0.05) is 6.42 Å². The third-order valence-electron chi connectivity index (χ3n) is 2.73. The van der Waals surface area contributed by atoms with E-state index in [-0.39, 0.29) is 11.0 Å². The fourth-order valence-electron chi connectivity index (χ4n) is 1.96. The van der Waals surface area contributed by atoms with Crippen molar-refractivity contribution in [3.63, 3.8) is 0 Å². The van der Waals surface area contributed by atoms with Crippen LogP contribution in [0.5, 0.6) is 5.88 Å². The third kappa shape index (κ3) is 2.52. The molecule has 2 rings (SSSR count). The highest BCUT2D eigenvalue weighted by Crippen LogP contribution is 2.29. The summed E-state index contributed by atoms with van der Waals surface area (Å²) >= 11 is 1.18. The zero-order valence-electron chi connectivity index (χ0n) is 9.23. The number of carboxylic acids is 1. The second kappa shape index (κ2) is 4.82. The number of carbonyl (C=O) groups is 1. The highest BCUT2D eigenvalue weighted by molar-refractivity contribution is 7.13. The summed E-state index contributed by atoms with van der Waals surface area (Å²) < 4.78 is 5.69. The summed E-state index contributed by atoms with van der Waals surface area (Å²) in [6, 6.07) is 0. The second-order valence-electron chi connectivity index (χ2n) is 4.05. The molecule has 1 aliphatic carbocycles. The number of aromatic nitrogens is 1. The van der Waals surface area contributed by atoms with E-state index in [1.807, 2.05) is 0 Å². The quantitative estimate of drug-likeness (QED) is 0.884. The van der Waals surface area contributed by atoms with Crippen LogP contribution in [0, 0.1) is 6.92 Å². The predicted molar refractivity (Wildman–Crippen MR) is 61.3 cm³/mol. The standard InChI is InChI=1S/C11H15NO3S/c1-7-12-10(9(16-7)11(13)14)15-8-5-3-2-4-6-8/h8H,2-6H2,1H3,(H,13,14). The van der Waals surface area contributed by atoms with E-state index in [0.717, 1.165) is 30.7 Å². The number of hydrogen-bond acceptors (Lipinski definition) is 4. The SMILES string of the molecule is Cc1nc(OC2CCCCC2)c(C(=O)O)s1. The first-order valence-corrected chi connectivity index (χ1v) is 6.36. The number of nitrogens with zero attached hydrogens (tertiary/aromatic N) is 1. The normalized spacial score (nSPS) is 17.3. The van der Waals surface area contributed by atoms with Gasteiger partial charge in [-0.2, -0.15) is 0 Å². The van der Waals surface area contributed by atoms with Gasteiger partial charge in [0.25, 0.3) is 0 Å². The molecule has 0 amide bonds. The first-order chi connectivity index (χ1) is 7.66. The number of aromatic carboxylic acids is 1. The molecule has 0 spiro atoms. The summed E-state index contributed by atoms with van der Waals surface area (Å²) in [5.41, 5.74) is 0. The van der Waals surface area contributed by atoms with Crippen molar-refractivity contribution >= 4 is 17.3 Å². The van der Waals surface area contributed by atoms with Crippen LogP contribution in [0.4, 0.5) is 0 Å². The van der Waals surface area contributed by atoms with Crippen molar-refractivity contribution in [2.45, 2.75) is 45.1 Å². The van der Waals surface area contributed by atoms with Crippen molar-refractivity contribution in [1.29, 1.82) is 0 Å². The Bertz CT molecular complexity index is 383. The molecule has 1 aromatic heterocycles. The molecule has 0 aliphatic heterocycles. The number of carboxylic acid groups (broad SMARTS) is 1. The third-order valence-corrected chi connectivity index (χ3v) is 3.67. The van der Waals surface area contributed by atoms with Crippen LogP contribution in [0.25, 0.3) is 0 Å². The lowest BCUT2D eigenvalue weighted by atomic mass is 9.98. The number of rotatable bonds is 3. The number of aryl methyl sites for hydroxylation is 1. The zero-order valence-corrected chi connectivity index (χ0v) is 10.0. The molecule has 88 valence electrons. The summed E-state index contributed by atoms with van der Waals surface area (Å²) in [5, 5.41) is 9.74. The van der Waals surface area contributed by atoms with Gasteiger partial charge in [-0.15, -0.1) is 11.3 Å². The predicted octanol–water partition coefficient (Wildman–Crippen LogP) is 2.86. The molecule has 0 unspecified atom stereocenters. The fraction of sp³-hybridized carbons (Fsp3) is 0.636. The Morgan fingerprint density at radius 1 is 1.44 bits per heavy atom. The summed E-state index contributed by atoms with van der Waals surface area (Å²) in [5.74, 6) is -0.640. The molecule has 0 radical (unpaired) electrons. The van der Waals surface area contributed by atoms with E-state index in [2.05, 4.69) is 4.98 Å². The molecule has 4 nitrogen and oxygen atoms in total. The lowest BCUT2D eigenvalue weighted by Gasteiger charge is -2.21. The zero-order chi connectivity index (χ0) is 11.5. The lowest BCUT2D eigenvalue weighted by Crippen LogP contribution is -2.20. The molecule has 0 aromatic carbocycles. The van der Waals surface area contributed by atoms with E-state index >= 15 is 0 Å². The van der Waals surface area contributed by atoms with E-state index < -0.39 is 5.97 Å². The average Bonchev–Trinajstić information content (AvgIpc) is 2.61. The number of hydrogen-bond donors (Lipinski definition) is 1. The van der Waals surface area contributed by atoms with Gasteiger partial charge in [-0.3, -0.25) is 0 Å². The van der Waals surface area contributed by atoms with Gasteiger partial charge in [0.15, 0.2) is 4.88 Å². The maximum absolute atomic E-state index is 11.0. The van der Waals surface area contributed by atoms with Gasteiger partial charge in [0.2, 0.25) is 5.88 Å². The number of thiazole rings is 1. The summed E-state index contributed by atoms with van der Waals surface area (Å²) in [4.78, 5) is 15.3. The first kappa shape index (κ1) is 11.4. The number of ether oxygens (including phenoxy) is 1. The fourth-order valence-corrected chi connectivity index (χ4v) is 2.66. The Morgan fingerprint density at radius 2 is 2.12 bits per heavy atom. The lowest BCUT2D eigenvalue weighted by molar-refractivity contribution is 0.0691. The monoisotopic (exact) mass is 241 g/mol. The second-order valence-corrected chi connectivity index (χ2v) is 5.25. The van der Waals surface area contributed by atoms with Crippen LogP contribution in [0.2, 0.25) is 0 Å². The molecule has 5 heteroatoms. The molecular weight excluding hydrogens is 226 g/mol. The van der Waals surface area contributed by atoms with Gasteiger partial charge in [-0.25, -0.2) is 9.78 Å². The highest BCUT2D eigenvalue weighted by Gasteiger charge is 2.22. The van der Waals surface area contributed by atoms with Gasteiger partial charge < -0.3 is 9.84 Å². The van der Waals surface area contributed by atoms with E-state index in [1.165, 1.54) is 17.8 Å². The smallest absolute Gasteiger partial charge is 0.351 e. The van der Waals surface area contributed by atoms with Crippen LogP contribution in [0.1, 0.15) is 46.8 Å². The highest BCUT2D eigenvalue weighted by atomic mass is 32.1. The van der Waals surface area contributed by atoms with Crippen molar-refractivity contribution < 1.29 is 14.6 Å². The Morgan fingerprint density at radius 3 is 2.75 bits per heavy atom. The van der Waals surface area contributed by atoms with Crippen LogP contribution >= 0.6 is 11.3 Å². The molecule has 1 aliphatic rings. The molecule has 0 saturated heterocycles. The molecular formula is C11H15NO3S. The minimum absolute atomic E-state index is 0.147. The van der Waals surface area contributed by atoms with Crippen molar-refractivity contribution in [2.75, 3.05) is 0 Å². The van der Waals surface area contributed by atoms with Gasteiger partial charge in [0, 0.05) is 0 Å². The van der Waals surface area contributed by atoms with Crippen molar-refractivity contribution in [3.8, 4) is 5.88 Å². The molecule has 1 aromatic rings. The topological polar surface area (TPSA) is 59.4 Å². The van der Waals surface area contributed by atoms with Crippen LogP contribution in [0.3, 0.4) is 0 Å². The Kier molecular flexibility index (Phi) is 3.43. The Labute approximate surface area is 98.3 Å². The van der Waals surface area contributed by atoms with Crippen LogP contribution < -0.4 is 4.74 Å². The first-order valence-electron chi connectivity index (χ1n) is 5.54. The van der Waals surface area contributed by atoms with Crippen molar-refractivity contribution in [3.05, 3.63) is 9.88 Å². The maximum Gasteiger partial charge on any atom is 0.351 e. The summed E-state index contributed by atoms with van der Waals surface area (Å²) in [6.45, 7) is 1.80. The molecule has 1 N–H and O–H groups in total. The van der Waals surface area contributed by atoms with Crippen LogP contribution in [-0.4, -0.2) is 22.2 Å². The van der Waals surface area contributed by atoms with Crippen LogP contribution in [0.15, 0.2) is 0 Å². The van der Waals surface area contributed by atoms with Crippen molar-refractivity contribution in [2.24, 2.45) is 0 Å². The van der Waals surface area contributed by atoms with E-state index in [0.29, 0.717) is 5.88 Å². The van der Waals surface area contributed by atoms with Crippen molar-refractivity contribution in [1.82, 2.24) is 4.98 Å². The Hall–Kier alpha value is -1.10. The maximum atomic E-state index is 11.0. The largest absolute Gasteiger partial charge is 0.477 e. The minimum Gasteiger partial charge on any atom is -0.477 e. The molecule has 1 heterocycles. The van der Waals surface area contributed by atoms with E-state index in [9.17, 15) is 4.79 Å². The van der Waals surface area contributed by atoms with E-state index in [4.69, 9.17) is 9.84 Å². The summed E-state index contributed by atoms with van der Waals surface area (Å²) in [6.07, 6.45) is 5.74. The molecule has 0 atom stereocenters. The summed E-state index contributed by atoms with van der Waals surface area (Å²) in [7, 11) is 0.